The monoisotopic (exact) mass is 303 g/mol. The number of benzene rings is 1. The second-order valence-electron chi connectivity index (χ2n) is 4.90. The lowest BCUT2D eigenvalue weighted by Gasteiger charge is -2.29. The number of rotatable bonds is 3. The fourth-order valence-corrected chi connectivity index (χ4v) is 2.81. The molecule has 0 saturated carbocycles. The van der Waals surface area contributed by atoms with Gasteiger partial charge in [0.25, 0.3) is 0 Å². The smallest absolute Gasteiger partial charge is 0.323 e. The summed E-state index contributed by atoms with van der Waals surface area (Å²) in [4.78, 5) is 19.3. The summed E-state index contributed by atoms with van der Waals surface area (Å²) in [6.07, 6.45) is 1.47. The van der Waals surface area contributed by atoms with E-state index < -0.39 is 5.97 Å². The normalized spacial score (nSPS) is 17.0. The lowest BCUT2D eigenvalue weighted by Crippen LogP contribution is -2.37. The van der Waals surface area contributed by atoms with Crippen LogP contribution in [0.25, 0.3) is 0 Å². The molecule has 1 N–H and O–H groups in total. The van der Waals surface area contributed by atoms with Crippen molar-refractivity contribution in [3.05, 3.63) is 53.2 Å². The highest BCUT2D eigenvalue weighted by Crippen LogP contribution is 2.43. The third-order valence-corrected chi connectivity index (χ3v) is 3.81. The minimum Gasteiger partial charge on any atom is -0.480 e. The molecule has 6 heteroatoms. The molecule has 0 saturated heterocycles. The highest BCUT2D eigenvalue weighted by molar-refractivity contribution is 6.30. The summed E-state index contributed by atoms with van der Waals surface area (Å²) in [5.41, 5.74) is 1.89. The van der Waals surface area contributed by atoms with Gasteiger partial charge in [0, 0.05) is 18.3 Å². The van der Waals surface area contributed by atoms with Gasteiger partial charge in [0.2, 0.25) is 0 Å². The Labute approximate surface area is 127 Å². The van der Waals surface area contributed by atoms with Crippen molar-refractivity contribution in [1.29, 1.82) is 0 Å². The number of nitrogens with zero attached hydrogens (tertiary/aromatic N) is 3. The molecule has 21 heavy (non-hydrogen) atoms. The van der Waals surface area contributed by atoms with Crippen LogP contribution in [-0.2, 0) is 4.79 Å². The highest BCUT2D eigenvalue weighted by Gasteiger charge is 2.36. The molecule has 1 unspecified atom stereocenters. The van der Waals surface area contributed by atoms with Gasteiger partial charge in [-0.3, -0.25) is 4.79 Å². The van der Waals surface area contributed by atoms with Crippen molar-refractivity contribution in [2.24, 2.45) is 0 Å². The van der Waals surface area contributed by atoms with Gasteiger partial charge in [0.1, 0.15) is 12.7 Å². The Bertz CT molecular complexity index is 675. The number of pyridine rings is 1. The van der Waals surface area contributed by atoms with Gasteiger partial charge in [-0.15, -0.1) is 0 Å². The number of anilines is 2. The summed E-state index contributed by atoms with van der Waals surface area (Å²) in [5, 5.41) is 9.84. The second kappa shape index (κ2) is 5.26. The maximum absolute atomic E-state index is 11.2. The van der Waals surface area contributed by atoms with Crippen LogP contribution in [0.15, 0.2) is 42.6 Å². The second-order valence-corrected chi connectivity index (χ2v) is 5.34. The minimum absolute atomic E-state index is 0.109. The number of hydrogen-bond acceptors (Lipinski definition) is 4. The fourth-order valence-electron chi connectivity index (χ4n) is 2.69. The molecular weight excluding hydrogens is 290 g/mol. The van der Waals surface area contributed by atoms with E-state index in [2.05, 4.69) is 4.98 Å². The number of fused-ring (bicyclic) bond motifs is 1. The number of carboxylic acid groups (broad SMARTS) is 1. The van der Waals surface area contributed by atoms with E-state index in [4.69, 9.17) is 11.6 Å². The first-order valence-corrected chi connectivity index (χ1v) is 6.87. The van der Waals surface area contributed by atoms with Gasteiger partial charge in [-0.2, -0.15) is 0 Å². The average Bonchev–Trinajstić information content (AvgIpc) is 2.73. The van der Waals surface area contributed by atoms with Gasteiger partial charge in [-0.1, -0.05) is 23.7 Å². The summed E-state index contributed by atoms with van der Waals surface area (Å²) in [6, 6.07) is 11.2. The molecule has 1 aromatic carbocycles. The molecular formula is C15H14ClN3O2. The Morgan fingerprint density at radius 1 is 1.33 bits per heavy atom. The largest absolute Gasteiger partial charge is 0.480 e. The number of halogens is 1. The van der Waals surface area contributed by atoms with E-state index in [1.54, 1.807) is 23.2 Å². The van der Waals surface area contributed by atoms with E-state index in [0.717, 1.165) is 11.3 Å². The highest BCUT2D eigenvalue weighted by atomic mass is 35.5. The standard InChI is InChI=1S/C15H14ClN3O2/c1-18-12-3-2-8-17-14(12)19(9-13(20)21)15(18)10-4-6-11(16)7-5-10/h2-8,15H,9H2,1H3,(H,20,21). The molecule has 0 bridgehead atoms. The molecule has 108 valence electrons. The summed E-state index contributed by atoms with van der Waals surface area (Å²) < 4.78 is 0. The molecule has 2 aromatic rings. The van der Waals surface area contributed by atoms with Crippen molar-refractivity contribution in [2.75, 3.05) is 23.4 Å². The molecule has 3 rings (SSSR count). The van der Waals surface area contributed by atoms with Crippen LogP contribution in [-0.4, -0.2) is 29.7 Å². The summed E-state index contributed by atoms with van der Waals surface area (Å²) in [7, 11) is 1.93. The van der Waals surface area contributed by atoms with Crippen molar-refractivity contribution in [3.63, 3.8) is 0 Å². The fraction of sp³-hybridized carbons (Fsp3) is 0.200. The van der Waals surface area contributed by atoms with E-state index in [0.29, 0.717) is 10.8 Å². The molecule has 0 aliphatic carbocycles. The van der Waals surface area contributed by atoms with Crippen LogP contribution < -0.4 is 9.80 Å². The van der Waals surface area contributed by atoms with Gasteiger partial charge in [0.15, 0.2) is 5.82 Å². The molecule has 0 amide bonds. The zero-order chi connectivity index (χ0) is 15.0. The topological polar surface area (TPSA) is 56.7 Å². The molecule has 0 radical (unpaired) electrons. The first-order valence-electron chi connectivity index (χ1n) is 6.49. The van der Waals surface area contributed by atoms with E-state index in [-0.39, 0.29) is 12.7 Å². The Morgan fingerprint density at radius 2 is 2.05 bits per heavy atom. The molecule has 5 nitrogen and oxygen atoms in total. The average molecular weight is 304 g/mol. The van der Waals surface area contributed by atoms with Crippen LogP contribution in [0.4, 0.5) is 11.5 Å². The zero-order valence-electron chi connectivity index (χ0n) is 11.4. The third-order valence-electron chi connectivity index (χ3n) is 3.55. The summed E-state index contributed by atoms with van der Waals surface area (Å²) >= 11 is 5.93. The van der Waals surface area contributed by atoms with Gasteiger partial charge in [-0.25, -0.2) is 4.98 Å². The van der Waals surface area contributed by atoms with Gasteiger partial charge in [0.05, 0.1) is 5.69 Å². The number of aliphatic carboxylic acids is 1. The molecule has 0 fully saturated rings. The Kier molecular flexibility index (Phi) is 3.43. The first-order chi connectivity index (χ1) is 10.1. The van der Waals surface area contributed by atoms with Crippen molar-refractivity contribution >= 4 is 29.1 Å². The summed E-state index contributed by atoms with van der Waals surface area (Å²) in [5.74, 6) is -0.205. The van der Waals surface area contributed by atoms with Gasteiger partial charge in [-0.05, 0) is 29.8 Å². The Morgan fingerprint density at radius 3 is 2.71 bits per heavy atom. The van der Waals surface area contributed by atoms with Gasteiger partial charge < -0.3 is 14.9 Å². The van der Waals surface area contributed by atoms with Crippen LogP contribution in [0.5, 0.6) is 0 Å². The molecule has 0 spiro atoms. The maximum atomic E-state index is 11.2. The predicted molar refractivity (Wildman–Crippen MR) is 81.8 cm³/mol. The lowest BCUT2D eigenvalue weighted by atomic mass is 10.1. The van der Waals surface area contributed by atoms with E-state index in [1.165, 1.54) is 0 Å². The number of aromatic nitrogens is 1. The van der Waals surface area contributed by atoms with E-state index >= 15 is 0 Å². The molecule has 2 heterocycles. The molecule has 1 atom stereocenters. The van der Waals surface area contributed by atoms with Crippen LogP contribution in [0.3, 0.4) is 0 Å². The third kappa shape index (κ3) is 2.40. The van der Waals surface area contributed by atoms with E-state index in [9.17, 15) is 9.90 Å². The van der Waals surface area contributed by atoms with Crippen LogP contribution in [0, 0.1) is 0 Å². The first kappa shape index (κ1) is 13.7. The SMILES string of the molecule is CN1c2cccnc2N(CC(=O)O)C1c1ccc(Cl)cc1. The summed E-state index contributed by atoms with van der Waals surface area (Å²) in [6.45, 7) is -0.109. The quantitative estimate of drug-likeness (QED) is 0.945. The zero-order valence-corrected chi connectivity index (χ0v) is 12.2. The number of hydrogen-bond donors (Lipinski definition) is 1. The van der Waals surface area contributed by atoms with Crippen LogP contribution >= 0.6 is 11.6 Å². The maximum Gasteiger partial charge on any atom is 0.323 e. The van der Waals surface area contributed by atoms with Gasteiger partial charge >= 0.3 is 5.97 Å². The number of carbonyl (C=O) groups is 1. The Balaban J connectivity index is 2.06. The van der Waals surface area contributed by atoms with Crippen molar-refractivity contribution in [2.45, 2.75) is 6.17 Å². The van der Waals surface area contributed by atoms with Crippen LogP contribution in [0.1, 0.15) is 11.7 Å². The number of carboxylic acids is 1. The lowest BCUT2D eigenvalue weighted by molar-refractivity contribution is -0.135. The van der Waals surface area contributed by atoms with Crippen molar-refractivity contribution in [3.8, 4) is 0 Å². The Hall–Kier alpha value is -2.27. The van der Waals surface area contributed by atoms with Crippen molar-refractivity contribution < 1.29 is 9.90 Å². The molecule has 1 aliphatic heterocycles. The molecule has 1 aromatic heterocycles. The molecule has 1 aliphatic rings. The van der Waals surface area contributed by atoms with Crippen molar-refractivity contribution in [1.82, 2.24) is 4.98 Å². The van der Waals surface area contributed by atoms with E-state index in [1.807, 2.05) is 36.2 Å². The van der Waals surface area contributed by atoms with Crippen LogP contribution in [0.2, 0.25) is 5.02 Å². The predicted octanol–water partition coefficient (Wildman–Crippen LogP) is 2.77. The minimum atomic E-state index is -0.888.